The quantitative estimate of drug-likeness (QED) is 0.627. The van der Waals surface area contributed by atoms with Crippen LogP contribution in [0.4, 0.5) is 0 Å². The van der Waals surface area contributed by atoms with E-state index in [1.807, 2.05) is 62.5 Å². The van der Waals surface area contributed by atoms with Gasteiger partial charge in [0.25, 0.3) is 0 Å². The van der Waals surface area contributed by atoms with E-state index in [-0.39, 0.29) is 0 Å². The Labute approximate surface area is 110 Å². The monoisotopic (exact) mass is 240 g/mol. The van der Waals surface area contributed by atoms with E-state index in [1.165, 1.54) is 0 Å². The highest BCUT2D eigenvalue weighted by atomic mass is 16.5. The molecule has 0 fully saturated rings. The molecular weight excluding hydrogens is 220 g/mol. The summed E-state index contributed by atoms with van der Waals surface area (Å²) in [7, 11) is 0. The maximum absolute atomic E-state index is 5.75. The number of ether oxygens (including phenoxy) is 1. The summed E-state index contributed by atoms with van der Waals surface area (Å²) in [6.45, 7) is 6.14. The smallest absolute Gasteiger partial charge is 0.128 e. The first-order valence-electron chi connectivity index (χ1n) is 6.38. The Morgan fingerprint density at radius 2 is 1.72 bits per heavy atom. The summed E-state index contributed by atoms with van der Waals surface area (Å²) in [5.41, 5.74) is 2.99. The second-order valence-corrected chi connectivity index (χ2v) is 3.70. The standard InChI is InChI=1S/C15H14O.C2H6/c1-13-7-6-10-15(12-11-13)16-14-8-4-2-3-5-9-14;1-2/h2,4-13H,1H3;1-2H3. The Balaban J connectivity index is 0.000000771. The molecule has 0 aliphatic heterocycles. The number of rotatable bonds is 2. The lowest BCUT2D eigenvalue weighted by Gasteiger charge is -2.05. The van der Waals surface area contributed by atoms with Gasteiger partial charge in [0.05, 0.1) is 0 Å². The Morgan fingerprint density at radius 1 is 0.944 bits per heavy atom. The Morgan fingerprint density at radius 3 is 2.56 bits per heavy atom. The van der Waals surface area contributed by atoms with Gasteiger partial charge in [0.2, 0.25) is 0 Å². The van der Waals surface area contributed by atoms with E-state index >= 15 is 0 Å². The van der Waals surface area contributed by atoms with Gasteiger partial charge >= 0.3 is 0 Å². The largest absolute Gasteiger partial charge is 0.457 e. The lowest BCUT2D eigenvalue weighted by atomic mass is 10.2. The first kappa shape index (κ1) is 14.1. The molecule has 1 atom stereocenters. The molecule has 2 rings (SSSR count). The zero-order valence-corrected chi connectivity index (χ0v) is 11.3. The molecule has 1 heteroatoms. The van der Waals surface area contributed by atoms with Gasteiger partial charge in [0, 0.05) is 0 Å². The van der Waals surface area contributed by atoms with Crippen LogP contribution in [0.25, 0.3) is 0 Å². The molecule has 0 amide bonds. The lowest BCUT2D eigenvalue weighted by Crippen LogP contribution is -1.88. The molecule has 0 spiro atoms. The van der Waals surface area contributed by atoms with Crippen LogP contribution in [0.2, 0.25) is 0 Å². The minimum atomic E-state index is 0.456. The molecule has 0 aromatic carbocycles. The summed E-state index contributed by atoms with van der Waals surface area (Å²) in [6, 6.07) is 0. The third kappa shape index (κ3) is 4.90. The van der Waals surface area contributed by atoms with Crippen LogP contribution in [0.3, 0.4) is 0 Å². The lowest BCUT2D eigenvalue weighted by molar-refractivity contribution is 0.336. The molecule has 0 heterocycles. The highest BCUT2D eigenvalue weighted by Gasteiger charge is 2.00. The molecule has 1 nitrogen and oxygen atoms in total. The second-order valence-electron chi connectivity index (χ2n) is 3.70. The average Bonchev–Trinajstić information content (AvgIpc) is 2.76. The van der Waals surface area contributed by atoms with Crippen LogP contribution in [0, 0.1) is 5.92 Å². The van der Waals surface area contributed by atoms with Gasteiger partial charge in [0.1, 0.15) is 11.5 Å². The van der Waals surface area contributed by atoms with Gasteiger partial charge in [-0.1, -0.05) is 45.1 Å². The van der Waals surface area contributed by atoms with Crippen LogP contribution in [0.1, 0.15) is 20.8 Å². The summed E-state index contributed by atoms with van der Waals surface area (Å²) in [5, 5.41) is 0. The third-order valence-electron chi connectivity index (χ3n) is 2.27. The van der Waals surface area contributed by atoms with E-state index in [0.29, 0.717) is 5.92 Å². The Kier molecular flexibility index (Phi) is 6.38. The van der Waals surface area contributed by atoms with E-state index in [2.05, 4.69) is 24.8 Å². The molecule has 0 saturated heterocycles. The van der Waals surface area contributed by atoms with Gasteiger partial charge in [-0.2, -0.15) is 0 Å². The predicted octanol–water partition coefficient (Wildman–Crippen LogP) is 4.84. The molecule has 18 heavy (non-hydrogen) atoms. The zero-order valence-electron chi connectivity index (χ0n) is 11.3. The fraction of sp³-hybridized carbons (Fsp3) is 0.235. The highest BCUT2D eigenvalue weighted by Crippen LogP contribution is 2.15. The van der Waals surface area contributed by atoms with E-state index in [1.54, 1.807) is 0 Å². The molecule has 0 aromatic heterocycles. The first-order chi connectivity index (χ1) is 8.84. The molecule has 0 bridgehead atoms. The molecule has 0 saturated carbocycles. The molecule has 0 aromatic rings. The predicted molar refractivity (Wildman–Crippen MR) is 77.8 cm³/mol. The van der Waals surface area contributed by atoms with Crippen molar-refractivity contribution in [3.8, 4) is 0 Å². The molecule has 94 valence electrons. The van der Waals surface area contributed by atoms with Crippen molar-refractivity contribution in [2.75, 3.05) is 0 Å². The maximum atomic E-state index is 5.75. The Hall–Kier alpha value is -1.98. The van der Waals surface area contributed by atoms with Crippen molar-refractivity contribution in [3.63, 3.8) is 0 Å². The van der Waals surface area contributed by atoms with Crippen LogP contribution < -0.4 is 0 Å². The zero-order chi connectivity index (χ0) is 13.2. The summed E-state index contributed by atoms with van der Waals surface area (Å²) in [5.74, 6) is 2.13. The van der Waals surface area contributed by atoms with Crippen LogP contribution in [0.15, 0.2) is 78.0 Å². The molecule has 1 unspecified atom stereocenters. The molecule has 0 N–H and O–H groups in total. The first-order valence-corrected chi connectivity index (χ1v) is 6.38. The van der Waals surface area contributed by atoms with E-state index in [4.69, 9.17) is 4.74 Å². The Bertz CT molecular complexity index is 464. The summed E-state index contributed by atoms with van der Waals surface area (Å²) >= 11 is 0. The average molecular weight is 240 g/mol. The molecule has 0 radical (unpaired) electrons. The van der Waals surface area contributed by atoms with Crippen molar-refractivity contribution >= 4 is 0 Å². The molecule has 2 aliphatic carbocycles. The van der Waals surface area contributed by atoms with Crippen molar-refractivity contribution < 1.29 is 4.74 Å². The maximum Gasteiger partial charge on any atom is 0.128 e. The van der Waals surface area contributed by atoms with Gasteiger partial charge in [-0.05, 0) is 42.4 Å². The second kappa shape index (κ2) is 8.16. The van der Waals surface area contributed by atoms with Gasteiger partial charge in [-0.15, -0.1) is 5.73 Å². The van der Waals surface area contributed by atoms with Crippen molar-refractivity contribution in [1.82, 2.24) is 0 Å². The molecule has 2 aliphatic rings. The summed E-state index contributed by atoms with van der Waals surface area (Å²) < 4.78 is 5.75. The minimum absolute atomic E-state index is 0.456. The summed E-state index contributed by atoms with van der Waals surface area (Å²) in [6.07, 6.45) is 19.7. The van der Waals surface area contributed by atoms with Gasteiger partial charge < -0.3 is 4.74 Å². The van der Waals surface area contributed by atoms with E-state index < -0.39 is 0 Å². The van der Waals surface area contributed by atoms with Crippen molar-refractivity contribution in [2.24, 2.45) is 5.92 Å². The van der Waals surface area contributed by atoms with Crippen molar-refractivity contribution in [3.05, 3.63) is 78.0 Å². The van der Waals surface area contributed by atoms with E-state index in [0.717, 1.165) is 11.5 Å². The van der Waals surface area contributed by atoms with E-state index in [9.17, 15) is 0 Å². The normalized spacial score (nSPS) is 20.3. The highest BCUT2D eigenvalue weighted by molar-refractivity contribution is 5.30. The fourth-order valence-electron chi connectivity index (χ4n) is 1.40. The topological polar surface area (TPSA) is 9.23 Å². The van der Waals surface area contributed by atoms with Gasteiger partial charge in [0.15, 0.2) is 0 Å². The van der Waals surface area contributed by atoms with Crippen molar-refractivity contribution in [2.45, 2.75) is 20.8 Å². The summed E-state index contributed by atoms with van der Waals surface area (Å²) in [4.78, 5) is 0. The van der Waals surface area contributed by atoms with Crippen LogP contribution >= 0.6 is 0 Å². The number of allylic oxidation sites excluding steroid dienone is 9. The van der Waals surface area contributed by atoms with Crippen LogP contribution in [-0.2, 0) is 4.74 Å². The van der Waals surface area contributed by atoms with Crippen molar-refractivity contribution in [1.29, 1.82) is 0 Å². The van der Waals surface area contributed by atoms with Crippen LogP contribution in [0.5, 0.6) is 0 Å². The third-order valence-corrected chi connectivity index (χ3v) is 2.27. The van der Waals surface area contributed by atoms with Gasteiger partial charge in [-0.25, -0.2) is 0 Å². The number of hydrogen-bond acceptors (Lipinski definition) is 1. The number of hydrogen-bond donors (Lipinski definition) is 0. The van der Waals surface area contributed by atoms with Crippen LogP contribution in [-0.4, -0.2) is 0 Å². The SMILES string of the molecule is CC.CC1C=CC=C(OC2=CC=C=CC=C2)C=C1. The molecular formula is C17H20O. The fourth-order valence-corrected chi connectivity index (χ4v) is 1.40. The minimum Gasteiger partial charge on any atom is -0.457 e. The van der Waals surface area contributed by atoms with Gasteiger partial charge in [-0.3, -0.25) is 0 Å².